The summed E-state index contributed by atoms with van der Waals surface area (Å²) in [6, 6.07) is 0. The fourth-order valence-corrected chi connectivity index (χ4v) is 2.59. The zero-order valence-electron chi connectivity index (χ0n) is 10.5. The molecule has 1 aromatic heterocycles. The Morgan fingerprint density at radius 2 is 2.22 bits per heavy atom. The average molecular weight is 273 g/mol. The zero-order valence-corrected chi connectivity index (χ0v) is 11.3. The van der Waals surface area contributed by atoms with Crippen LogP contribution in [0.1, 0.15) is 31.7 Å². The van der Waals surface area contributed by atoms with E-state index in [1.807, 2.05) is 13.8 Å². The molecule has 18 heavy (non-hydrogen) atoms. The van der Waals surface area contributed by atoms with E-state index < -0.39 is 5.69 Å². The Morgan fingerprint density at radius 3 is 2.78 bits per heavy atom. The van der Waals surface area contributed by atoms with Gasteiger partial charge in [-0.2, -0.15) is 0 Å². The highest BCUT2D eigenvalue weighted by Gasteiger charge is 2.21. The normalized spacial score (nSPS) is 19.7. The number of hydrogen-bond acceptors (Lipinski definition) is 3. The molecule has 0 amide bonds. The number of aromatic nitrogens is 2. The monoisotopic (exact) mass is 272 g/mol. The number of ether oxygens (including phenoxy) is 1. The van der Waals surface area contributed by atoms with Crippen LogP contribution in [0.4, 0.5) is 0 Å². The van der Waals surface area contributed by atoms with Gasteiger partial charge in [0.2, 0.25) is 0 Å². The van der Waals surface area contributed by atoms with Gasteiger partial charge >= 0.3 is 5.69 Å². The SMILES string of the molecule is CC(C)c1c(Cl)[nH]c(=O)n(CC2CCOC2)c1=O. The molecule has 0 radical (unpaired) electrons. The molecule has 1 atom stereocenters. The second-order valence-corrected chi connectivity index (χ2v) is 5.34. The Labute approximate surface area is 110 Å². The summed E-state index contributed by atoms with van der Waals surface area (Å²) in [5.41, 5.74) is -0.262. The molecule has 1 fully saturated rings. The van der Waals surface area contributed by atoms with Crippen LogP contribution in [0.25, 0.3) is 0 Å². The summed E-state index contributed by atoms with van der Waals surface area (Å²) in [5, 5.41) is 0.152. The van der Waals surface area contributed by atoms with Gasteiger partial charge in [-0.1, -0.05) is 25.4 Å². The largest absolute Gasteiger partial charge is 0.381 e. The summed E-state index contributed by atoms with van der Waals surface area (Å²) >= 11 is 5.92. The summed E-state index contributed by atoms with van der Waals surface area (Å²) in [6.45, 7) is 5.45. The van der Waals surface area contributed by atoms with Crippen molar-refractivity contribution in [3.8, 4) is 0 Å². The van der Waals surface area contributed by atoms with E-state index in [1.165, 1.54) is 4.57 Å². The van der Waals surface area contributed by atoms with Gasteiger partial charge in [-0.15, -0.1) is 0 Å². The predicted molar refractivity (Wildman–Crippen MR) is 69.3 cm³/mol. The molecular weight excluding hydrogens is 256 g/mol. The highest BCUT2D eigenvalue weighted by atomic mass is 35.5. The summed E-state index contributed by atoms with van der Waals surface area (Å²) < 4.78 is 6.49. The van der Waals surface area contributed by atoms with E-state index in [0.29, 0.717) is 25.3 Å². The quantitative estimate of drug-likeness (QED) is 0.845. The van der Waals surface area contributed by atoms with Crippen molar-refractivity contribution in [2.45, 2.75) is 32.7 Å². The number of aromatic amines is 1. The lowest BCUT2D eigenvalue weighted by Crippen LogP contribution is -2.39. The topological polar surface area (TPSA) is 64.1 Å². The minimum Gasteiger partial charge on any atom is -0.381 e. The van der Waals surface area contributed by atoms with E-state index in [-0.39, 0.29) is 22.5 Å². The van der Waals surface area contributed by atoms with Gasteiger partial charge in [0, 0.05) is 19.1 Å². The van der Waals surface area contributed by atoms with Crippen molar-refractivity contribution >= 4 is 11.6 Å². The first kappa shape index (κ1) is 13.4. The lowest BCUT2D eigenvalue weighted by molar-refractivity contribution is 0.182. The van der Waals surface area contributed by atoms with E-state index in [9.17, 15) is 9.59 Å². The van der Waals surface area contributed by atoms with Crippen LogP contribution in [-0.4, -0.2) is 22.8 Å². The van der Waals surface area contributed by atoms with E-state index in [4.69, 9.17) is 16.3 Å². The molecular formula is C12H17ClN2O3. The van der Waals surface area contributed by atoms with Gasteiger partial charge in [0.05, 0.1) is 12.2 Å². The molecule has 2 heterocycles. The Balaban J connectivity index is 2.43. The average Bonchev–Trinajstić information content (AvgIpc) is 2.75. The van der Waals surface area contributed by atoms with Crippen molar-refractivity contribution in [1.82, 2.24) is 9.55 Å². The fourth-order valence-electron chi connectivity index (χ4n) is 2.21. The minimum absolute atomic E-state index is 0.0204. The van der Waals surface area contributed by atoms with Gasteiger partial charge < -0.3 is 4.74 Å². The number of nitrogens with zero attached hydrogens (tertiary/aromatic N) is 1. The van der Waals surface area contributed by atoms with Crippen LogP contribution >= 0.6 is 11.6 Å². The second-order valence-electron chi connectivity index (χ2n) is 4.96. The van der Waals surface area contributed by atoms with E-state index in [2.05, 4.69) is 4.98 Å². The van der Waals surface area contributed by atoms with E-state index >= 15 is 0 Å². The van der Waals surface area contributed by atoms with Crippen LogP contribution in [0.3, 0.4) is 0 Å². The van der Waals surface area contributed by atoms with E-state index in [1.54, 1.807) is 0 Å². The molecule has 6 heteroatoms. The molecule has 0 aromatic carbocycles. The van der Waals surface area contributed by atoms with Gasteiger partial charge in [-0.25, -0.2) is 4.79 Å². The highest BCUT2D eigenvalue weighted by Crippen LogP contribution is 2.17. The highest BCUT2D eigenvalue weighted by molar-refractivity contribution is 6.30. The van der Waals surface area contributed by atoms with Crippen molar-refractivity contribution in [3.05, 3.63) is 31.6 Å². The van der Waals surface area contributed by atoms with Crippen molar-refractivity contribution in [2.24, 2.45) is 5.92 Å². The predicted octanol–water partition coefficient (Wildman–Crippen LogP) is 1.35. The zero-order chi connectivity index (χ0) is 13.3. The van der Waals surface area contributed by atoms with Crippen LogP contribution in [0, 0.1) is 5.92 Å². The van der Waals surface area contributed by atoms with Crippen LogP contribution in [-0.2, 0) is 11.3 Å². The molecule has 0 saturated carbocycles. The van der Waals surface area contributed by atoms with Crippen molar-refractivity contribution in [3.63, 3.8) is 0 Å². The van der Waals surface area contributed by atoms with Crippen molar-refractivity contribution in [2.75, 3.05) is 13.2 Å². The van der Waals surface area contributed by atoms with Crippen molar-refractivity contribution < 1.29 is 4.74 Å². The molecule has 1 saturated heterocycles. The van der Waals surface area contributed by atoms with Gasteiger partial charge in [-0.3, -0.25) is 14.3 Å². The Hall–Kier alpha value is -1.07. The third kappa shape index (κ3) is 2.52. The van der Waals surface area contributed by atoms with Crippen LogP contribution in [0.2, 0.25) is 5.15 Å². The second kappa shape index (κ2) is 5.28. The molecule has 1 aromatic rings. The molecule has 5 nitrogen and oxygen atoms in total. The smallest absolute Gasteiger partial charge is 0.329 e. The third-order valence-corrected chi connectivity index (χ3v) is 3.51. The van der Waals surface area contributed by atoms with Crippen molar-refractivity contribution in [1.29, 1.82) is 0 Å². The summed E-state index contributed by atoms with van der Waals surface area (Å²) in [6.07, 6.45) is 0.880. The maximum atomic E-state index is 12.3. The molecule has 1 aliphatic heterocycles. The fraction of sp³-hybridized carbons (Fsp3) is 0.667. The number of halogens is 1. The first-order valence-electron chi connectivity index (χ1n) is 6.11. The Kier molecular flexibility index (Phi) is 3.92. The number of hydrogen-bond donors (Lipinski definition) is 1. The molecule has 100 valence electrons. The Bertz CT molecular complexity index is 541. The van der Waals surface area contributed by atoms with Gasteiger partial charge in [0.1, 0.15) is 5.15 Å². The summed E-state index contributed by atoms with van der Waals surface area (Å²) in [4.78, 5) is 26.6. The van der Waals surface area contributed by atoms with Gasteiger partial charge in [0.25, 0.3) is 5.56 Å². The molecule has 0 bridgehead atoms. The maximum absolute atomic E-state index is 12.3. The molecule has 0 spiro atoms. The third-order valence-electron chi connectivity index (χ3n) is 3.22. The van der Waals surface area contributed by atoms with E-state index in [0.717, 1.165) is 6.42 Å². The van der Waals surface area contributed by atoms with Gasteiger partial charge in [0.15, 0.2) is 0 Å². The first-order chi connectivity index (χ1) is 8.50. The standard InChI is InChI=1S/C12H17ClN2O3/c1-7(2)9-10(13)14-12(17)15(11(9)16)5-8-3-4-18-6-8/h7-8H,3-6H2,1-2H3,(H,14,17). The molecule has 0 aliphatic carbocycles. The maximum Gasteiger partial charge on any atom is 0.329 e. The lowest BCUT2D eigenvalue weighted by atomic mass is 10.1. The number of rotatable bonds is 3. The Morgan fingerprint density at radius 1 is 1.50 bits per heavy atom. The lowest BCUT2D eigenvalue weighted by Gasteiger charge is -2.13. The van der Waals surface area contributed by atoms with Crippen LogP contribution in [0.5, 0.6) is 0 Å². The molecule has 2 rings (SSSR count). The number of nitrogens with one attached hydrogen (secondary N) is 1. The molecule has 1 aliphatic rings. The molecule has 1 unspecified atom stereocenters. The number of H-pyrrole nitrogens is 1. The first-order valence-corrected chi connectivity index (χ1v) is 6.48. The summed E-state index contributed by atoms with van der Waals surface area (Å²) in [5.74, 6) is 0.206. The van der Waals surface area contributed by atoms with Crippen LogP contribution < -0.4 is 11.2 Å². The summed E-state index contributed by atoms with van der Waals surface area (Å²) in [7, 11) is 0. The van der Waals surface area contributed by atoms with Crippen LogP contribution in [0.15, 0.2) is 9.59 Å². The van der Waals surface area contributed by atoms with Gasteiger partial charge in [-0.05, 0) is 12.3 Å². The minimum atomic E-state index is -0.443. The molecule has 1 N–H and O–H groups in total.